The molecule has 2 heterocycles. The van der Waals surface area contributed by atoms with Gasteiger partial charge in [-0.25, -0.2) is 4.98 Å². The molecule has 0 aliphatic carbocycles. The average Bonchev–Trinajstić information content (AvgIpc) is 3.05. The Kier molecular flexibility index (Phi) is 4.44. The van der Waals surface area contributed by atoms with E-state index in [9.17, 15) is 9.90 Å². The smallest absolute Gasteiger partial charge is 0.295 e. The zero-order valence-electron chi connectivity index (χ0n) is 13.6. The van der Waals surface area contributed by atoms with Crippen LogP contribution in [0.15, 0.2) is 24.4 Å². The molecule has 0 aliphatic rings. The second-order valence-electron chi connectivity index (χ2n) is 5.16. The van der Waals surface area contributed by atoms with E-state index in [4.69, 9.17) is 20.5 Å². The molecule has 0 radical (unpaired) electrons. The number of phenolic OH excluding ortho intramolecular Hbond substituents is 1. The number of ether oxygens (including phenoxy) is 2. The third-order valence-electron chi connectivity index (χ3n) is 3.45. The standard InChI is InChI=1S/C16H14N6O4/c1-25-12-3-2-8(4-11(12)23)20-13(24)7-26-16-21-10-6-19-9(5-17)14(18)15(10)22-16/h2-4,6,23H,7,18H2,1H3,(H,20,24)(H,21,22). The van der Waals surface area contributed by atoms with Crippen LogP contribution in [0.2, 0.25) is 0 Å². The third kappa shape index (κ3) is 3.27. The number of benzene rings is 1. The first-order valence-electron chi connectivity index (χ1n) is 7.35. The number of aromatic hydroxyl groups is 1. The van der Waals surface area contributed by atoms with Crippen molar-refractivity contribution in [3.8, 4) is 23.6 Å². The number of carbonyl (C=O) groups is 1. The number of imidazole rings is 1. The number of nitrogen functional groups attached to an aromatic ring is 1. The van der Waals surface area contributed by atoms with Crippen molar-refractivity contribution in [2.75, 3.05) is 24.8 Å². The van der Waals surface area contributed by atoms with E-state index in [0.29, 0.717) is 22.5 Å². The summed E-state index contributed by atoms with van der Waals surface area (Å²) in [6.07, 6.45) is 1.41. The van der Waals surface area contributed by atoms with E-state index < -0.39 is 5.91 Å². The monoisotopic (exact) mass is 354 g/mol. The van der Waals surface area contributed by atoms with Crippen molar-refractivity contribution in [1.29, 1.82) is 5.26 Å². The molecule has 3 aromatic rings. The Morgan fingerprint density at radius 2 is 2.31 bits per heavy atom. The lowest BCUT2D eigenvalue weighted by Gasteiger charge is -2.08. The Hall–Kier alpha value is -4.00. The number of carbonyl (C=O) groups excluding carboxylic acids is 1. The number of pyridine rings is 1. The predicted octanol–water partition coefficient (Wildman–Crippen LogP) is 1.14. The van der Waals surface area contributed by atoms with Crippen LogP contribution in [0.3, 0.4) is 0 Å². The molecule has 10 nitrogen and oxygen atoms in total. The third-order valence-corrected chi connectivity index (χ3v) is 3.45. The Balaban J connectivity index is 1.66. The molecule has 2 aromatic heterocycles. The fourth-order valence-electron chi connectivity index (χ4n) is 2.23. The van der Waals surface area contributed by atoms with Gasteiger partial charge in [0.05, 0.1) is 24.5 Å². The first-order chi connectivity index (χ1) is 12.5. The van der Waals surface area contributed by atoms with Gasteiger partial charge < -0.3 is 30.6 Å². The van der Waals surface area contributed by atoms with Gasteiger partial charge in [-0.2, -0.15) is 10.2 Å². The molecule has 0 unspecified atom stereocenters. The van der Waals surface area contributed by atoms with Crippen LogP contribution in [0.1, 0.15) is 5.69 Å². The molecule has 1 aromatic carbocycles. The summed E-state index contributed by atoms with van der Waals surface area (Å²) in [5.74, 6) is -0.261. The van der Waals surface area contributed by atoms with Crippen LogP contribution < -0.4 is 20.5 Å². The van der Waals surface area contributed by atoms with Crippen molar-refractivity contribution in [2.24, 2.45) is 0 Å². The maximum absolute atomic E-state index is 12.0. The van der Waals surface area contributed by atoms with E-state index in [0.717, 1.165) is 0 Å². The number of nitrogens with two attached hydrogens (primary N) is 1. The van der Waals surface area contributed by atoms with Crippen LogP contribution in [-0.4, -0.2) is 39.7 Å². The number of nitrogens with one attached hydrogen (secondary N) is 2. The highest BCUT2D eigenvalue weighted by Gasteiger charge is 2.13. The summed E-state index contributed by atoms with van der Waals surface area (Å²) in [6.45, 7) is -0.328. The normalized spacial score (nSPS) is 10.3. The van der Waals surface area contributed by atoms with E-state index in [1.54, 1.807) is 6.07 Å². The van der Waals surface area contributed by atoms with Crippen molar-refractivity contribution in [3.05, 3.63) is 30.1 Å². The highest BCUT2D eigenvalue weighted by Crippen LogP contribution is 2.28. The zero-order valence-corrected chi connectivity index (χ0v) is 13.6. The van der Waals surface area contributed by atoms with Crippen molar-refractivity contribution < 1.29 is 19.4 Å². The van der Waals surface area contributed by atoms with Crippen LogP contribution in [-0.2, 0) is 4.79 Å². The summed E-state index contributed by atoms with van der Waals surface area (Å²) in [4.78, 5) is 22.8. The van der Waals surface area contributed by atoms with Crippen LogP contribution >= 0.6 is 0 Å². The molecule has 26 heavy (non-hydrogen) atoms. The molecule has 0 fully saturated rings. The van der Waals surface area contributed by atoms with Crippen molar-refractivity contribution >= 4 is 28.3 Å². The van der Waals surface area contributed by atoms with Crippen molar-refractivity contribution in [2.45, 2.75) is 0 Å². The Morgan fingerprint density at radius 3 is 3.00 bits per heavy atom. The van der Waals surface area contributed by atoms with E-state index in [1.165, 1.54) is 25.4 Å². The Bertz CT molecular complexity index is 1020. The maximum Gasteiger partial charge on any atom is 0.295 e. The number of anilines is 2. The number of aromatic amines is 1. The SMILES string of the molecule is COc1ccc(NC(=O)COc2nc3c(N)c(C#N)ncc3[nH]2)cc1O. The fraction of sp³-hybridized carbons (Fsp3) is 0.125. The molecular weight excluding hydrogens is 340 g/mol. The topological polar surface area (TPSA) is 159 Å². The second kappa shape index (κ2) is 6.86. The summed E-state index contributed by atoms with van der Waals surface area (Å²) in [5, 5.41) is 21.2. The lowest BCUT2D eigenvalue weighted by Crippen LogP contribution is -2.20. The van der Waals surface area contributed by atoms with Gasteiger partial charge in [0.15, 0.2) is 23.8 Å². The number of rotatable bonds is 5. The van der Waals surface area contributed by atoms with Crippen LogP contribution in [0.25, 0.3) is 11.0 Å². The molecule has 0 spiro atoms. The Labute approximate surface area is 147 Å². The minimum Gasteiger partial charge on any atom is -0.504 e. The summed E-state index contributed by atoms with van der Waals surface area (Å²) in [6, 6.07) is 6.38. The van der Waals surface area contributed by atoms with Crippen LogP contribution in [0.4, 0.5) is 11.4 Å². The number of fused-ring (bicyclic) bond motifs is 1. The van der Waals surface area contributed by atoms with Gasteiger partial charge in [-0.05, 0) is 12.1 Å². The van der Waals surface area contributed by atoms with Crippen molar-refractivity contribution in [3.63, 3.8) is 0 Å². The number of amides is 1. The highest BCUT2D eigenvalue weighted by atomic mass is 16.5. The van der Waals surface area contributed by atoms with E-state index in [2.05, 4.69) is 20.3 Å². The minimum atomic E-state index is -0.459. The number of nitriles is 1. The molecule has 0 aliphatic heterocycles. The zero-order chi connectivity index (χ0) is 18.7. The number of methoxy groups -OCH3 is 1. The van der Waals surface area contributed by atoms with Crippen LogP contribution in [0.5, 0.6) is 17.5 Å². The Morgan fingerprint density at radius 1 is 1.50 bits per heavy atom. The largest absolute Gasteiger partial charge is 0.504 e. The lowest BCUT2D eigenvalue weighted by molar-refractivity contribution is -0.118. The highest BCUT2D eigenvalue weighted by molar-refractivity contribution is 5.92. The van der Waals surface area contributed by atoms with Gasteiger partial charge in [0, 0.05) is 11.8 Å². The maximum atomic E-state index is 12.0. The van der Waals surface area contributed by atoms with E-state index in [1.807, 2.05) is 6.07 Å². The number of hydrogen-bond acceptors (Lipinski definition) is 8. The second-order valence-corrected chi connectivity index (χ2v) is 5.16. The fourth-order valence-corrected chi connectivity index (χ4v) is 2.23. The summed E-state index contributed by atoms with van der Waals surface area (Å²) < 4.78 is 10.2. The van der Waals surface area contributed by atoms with Gasteiger partial charge in [-0.1, -0.05) is 0 Å². The number of phenols is 1. The molecule has 0 bridgehead atoms. The number of hydrogen-bond donors (Lipinski definition) is 4. The molecule has 1 amide bonds. The quantitative estimate of drug-likeness (QED) is 0.531. The minimum absolute atomic E-state index is 0.0626. The molecule has 132 valence electrons. The van der Waals surface area contributed by atoms with Crippen LogP contribution in [0, 0.1) is 11.3 Å². The summed E-state index contributed by atoms with van der Waals surface area (Å²) >= 11 is 0. The van der Waals surface area contributed by atoms with Gasteiger partial charge in [0.2, 0.25) is 0 Å². The molecule has 0 saturated carbocycles. The number of aromatic nitrogens is 3. The molecule has 10 heteroatoms. The first kappa shape index (κ1) is 16.8. The van der Waals surface area contributed by atoms with Gasteiger partial charge in [-0.15, -0.1) is 0 Å². The molecule has 5 N–H and O–H groups in total. The molecule has 0 saturated heterocycles. The molecule has 3 rings (SSSR count). The summed E-state index contributed by atoms with van der Waals surface area (Å²) in [5.41, 5.74) is 7.20. The van der Waals surface area contributed by atoms with Crippen molar-refractivity contribution in [1.82, 2.24) is 15.0 Å². The summed E-state index contributed by atoms with van der Waals surface area (Å²) in [7, 11) is 1.43. The first-order valence-corrected chi connectivity index (χ1v) is 7.35. The number of H-pyrrole nitrogens is 1. The lowest BCUT2D eigenvalue weighted by atomic mass is 10.2. The average molecular weight is 354 g/mol. The van der Waals surface area contributed by atoms with E-state index >= 15 is 0 Å². The van der Waals surface area contributed by atoms with Gasteiger partial charge in [0.25, 0.3) is 11.9 Å². The molecule has 0 atom stereocenters. The van der Waals surface area contributed by atoms with Gasteiger partial charge in [-0.3, -0.25) is 4.79 Å². The molecular formula is C16H14N6O4. The predicted molar refractivity (Wildman–Crippen MR) is 91.8 cm³/mol. The van der Waals surface area contributed by atoms with E-state index in [-0.39, 0.29) is 29.7 Å². The van der Waals surface area contributed by atoms with Gasteiger partial charge >= 0.3 is 0 Å². The van der Waals surface area contributed by atoms with Gasteiger partial charge in [0.1, 0.15) is 11.6 Å². The number of nitrogens with zero attached hydrogens (tertiary/aromatic N) is 3.